The van der Waals surface area contributed by atoms with E-state index in [1.807, 2.05) is 12.1 Å². The van der Waals surface area contributed by atoms with Crippen LogP contribution < -0.4 is 4.74 Å². The van der Waals surface area contributed by atoms with E-state index in [-0.39, 0.29) is 5.41 Å². The van der Waals surface area contributed by atoms with E-state index >= 15 is 0 Å². The zero-order chi connectivity index (χ0) is 10.9. The number of ether oxygens (including phenoxy) is 2. The predicted molar refractivity (Wildman–Crippen MR) is 60.4 cm³/mol. The number of epoxide rings is 1. The minimum Gasteiger partial charge on any atom is -0.491 e. The van der Waals surface area contributed by atoms with Gasteiger partial charge in [-0.2, -0.15) is 0 Å². The summed E-state index contributed by atoms with van der Waals surface area (Å²) in [4.78, 5) is 0. The maximum absolute atomic E-state index is 5.57. The topological polar surface area (TPSA) is 21.8 Å². The molecule has 15 heavy (non-hydrogen) atoms. The average Bonchev–Trinajstić information content (AvgIpc) is 2.97. The van der Waals surface area contributed by atoms with Gasteiger partial charge in [0.25, 0.3) is 0 Å². The highest BCUT2D eigenvalue weighted by Gasteiger charge is 2.23. The van der Waals surface area contributed by atoms with Gasteiger partial charge in [-0.15, -0.1) is 0 Å². The summed E-state index contributed by atoms with van der Waals surface area (Å²) in [5, 5.41) is 0. The molecule has 1 atom stereocenters. The van der Waals surface area contributed by atoms with Crippen LogP contribution in [0, 0.1) is 0 Å². The minimum atomic E-state index is 0.206. The standard InChI is InChI=1S/C13H18O2/c1-13(2,3)10-4-6-11(7-5-10)14-8-12-9-15-12/h4-7,12H,8-9H2,1-3H3/t12-/m1/s1. The smallest absolute Gasteiger partial charge is 0.119 e. The van der Waals surface area contributed by atoms with Crippen molar-refractivity contribution in [1.82, 2.24) is 0 Å². The molecule has 1 aromatic carbocycles. The molecule has 1 aliphatic rings. The highest BCUT2D eigenvalue weighted by molar-refractivity contribution is 5.31. The fraction of sp³-hybridized carbons (Fsp3) is 0.538. The quantitative estimate of drug-likeness (QED) is 0.709. The zero-order valence-electron chi connectivity index (χ0n) is 9.62. The molecule has 2 nitrogen and oxygen atoms in total. The Balaban J connectivity index is 1.96. The lowest BCUT2D eigenvalue weighted by Crippen LogP contribution is -2.11. The summed E-state index contributed by atoms with van der Waals surface area (Å²) >= 11 is 0. The van der Waals surface area contributed by atoms with Crippen LogP contribution in [0.15, 0.2) is 24.3 Å². The summed E-state index contributed by atoms with van der Waals surface area (Å²) in [6.07, 6.45) is 0.326. The fourth-order valence-electron chi connectivity index (χ4n) is 1.40. The third-order valence-corrected chi connectivity index (χ3v) is 2.56. The van der Waals surface area contributed by atoms with Crippen molar-refractivity contribution in [2.75, 3.05) is 13.2 Å². The first-order chi connectivity index (χ1) is 7.05. The molecule has 0 aliphatic carbocycles. The third-order valence-electron chi connectivity index (χ3n) is 2.56. The minimum absolute atomic E-state index is 0.206. The van der Waals surface area contributed by atoms with Crippen LogP contribution in [0.5, 0.6) is 5.75 Å². The Hall–Kier alpha value is -1.02. The molecule has 0 amide bonds. The van der Waals surface area contributed by atoms with Gasteiger partial charge >= 0.3 is 0 Å². The van der Waals surface area contributed by atoms with E-state index in [1.54, 1.807) is 0 Å². The van der Waals surface area contributed by atoms with Gasteiger partial charge in [-0.1, -0.05) is 32.9 Å². The lowest BCUT2D eigenvalue weighted by atomic mass is 9.87. The molecule has 1 aliphatic heterocycles. The molecule has 82 valence electrons. The molecule has 0 aromatic heterocycles. The molecule has 1 aromatic rings. The van der Waals surface area contributed by atoms with Crippen molar-refractivity contribution in [2.24, 2.45) is 0 Å². The van der Waals surface area contributed by atoms with Gasteiger partial charge in [-0.25, -0.2) is 0 Å². The first kappa shape index (κ1) is 10.5. The van der Waals surface area contributed by atoms with Crippen LogP contribution in [-0.4, -0.2) is 19.3 Å². The molecule has 0 unspecified atom stereocenters. The van der Waals surface area contributed by atoms with Crippen LogP contribution in [0.2, 0.25) is 0 Å². The van der Waals surface area contributed by atoms with E-state index in [0.717, 1.165) is 12.4 Å². The molecule has 1 fully saturated rings. The van der Waals surface area contributed by atoms with E-state index in [2.05, 4.69) is 32.9 Å². The molecule has 0 spiro atoms. The van der Waals surface area contributed by atoms with Crippen molar-refractivity contribution < 1.29 is 9.47 Å². The number of rotatable bonds is 3. The maximum Gasteiger partial charge on any atom is 0.119 e. The molecule has 1 heterocycles. The lowest BCUT2D eigenvalue weighted by molar-refractivity contribution is 0.263. The van der Waals surface area contributed by atoms with Gasteiger partial charge in [0.05, 0.1) is 6.61 Å². The Morgan fingerprint density at radius 1 is 1.27 bits per heavy atom. The molecular weight excluding hydrogens is 188 g/mol. The summed E-state index contributed by atoms with van der Waals surface area (Å²) in [7, 11) is 0. The molecular formula is C13H18O2. The third kappa shape index (κ3) is 2.96. The normalized spacial score (nSPS) is 20.1. The number of hydrogen-bond donors (Lipinski definition) is 0. The Labute approximate surface area is 91.2 Å². The number of benzene rings is 1. The Morgan fingerprint density at radius 2 is 1.87 bits per heavy atom. The van der Waals surface area contributed by atoms with Crippen molar-refractivity contribution in [1.29, 1.82) is 0 Å². The molecule has 0 saturated carbocycles. The molecule has 2 rings (SSSR count). The summed E-state index contributed by atoms with van der Waals surface area (Å²) in [5.41, 5.74) is 1.54. The Morgan fingerprint density at radius 3 is 2.33 bits per heavy atom. The molecule has 1 saturated heterocycles. The van der Waals surface area contributed by atoms with Crippen LogP contribution in [0.3, 0.4) is 0 Å². The number of hydrogen-bond acceptors (Lipinski definition) is 2. The van der Waals surface area contributed by atoms with Crippen LogP contribution in [-0.2, 0) is 10.2 Å². The maximum atomic E-state index is 5.57. The van der Waals surface area contributed by atoms with Gasteiger partial charge in [0.2, 0.25) is 0 Å². The summed E-state index contributed by atoms with van der Waals surface area (Å²) < 4.78 is 10.7. The van der Waals surface area contributed by atoms with Crippen LogP contribution in [0.4, 0.5) is 0 Å². The van der Waals surface area contributed by atoms with Crippen LogP contribution in [0.1, 0.15) is 26.3 Å². The van der Waals surface area contributed by atoms with E-state index in [0.29, 0.717) is 12.7 Å². The second kappa shape index (κ2) is 3.86. The Kier molecular flexibility index (Phi) is 2.70. The highest BCUT2D eigenvalue weighted by Crippen LogP contribution is 2.24. The van der Waals surface area contributed by atoms with Gasteiger partial charge in [-0.05, 0) is 23.1 Å². The van der Waals surface area contributed by atoms with Crippen LogP contribution in [0.25, 0.3) is 0 Å². The Bertz CT molecular complexity index is 317. The molecule has 2 heteroatoms. The average molecular weight is 206 g/mol. The summed E-state index contributed by atoms with van der Waals surface area (Å²) in [5.74, 6) is 0.929. The van der Waals surface area contributed by atoms with E-state index < -0.39 is 0 Å². The van der Waals surface area contributed by atoms with Gasteiger partial charge in [0, 0.05) is 0 Å². The fourth-order valence-corrected chi connectivity index (χ4v) is 1.40. The van der Waals surface area contributed by atoms with Gasteiger partial charge < -0.3 is 9.47 Å². The van der Waals surface area contributed by atoms with Crippen molar-refractivity contribution in [2.45, 2.75) is 32.3 Å². The molecule has 0 N–H and O–H groups in total. The van der Waals surface area contributed by atoms with Crippen molar-refractivity contribution >= 4 is 0 Å². The van der Waals surface area contributed by atoms with E-state index in [1.165, 1.54) is 5.56 Å². The van der Waals surface area contributed by atoms with E-state index in [9.17, 15) is 0 Å². The van der Waals surface area contributed by atoms with Gasteiger partial charge in [0.15, 0.2) is 0 Å². The molecule has 0 bridgehead atoms. The monoisotopic (exact) mass is 206 g/mol. The molecule has 0 radical (unpaired) electrons. The van der Waals surface area contributed by atoms with Gasteiger partial charge in [0.1, 0.15) is 18.5 Å². The van der Waals surface area contributed by atoms with Crippen molar-refractivity contribution in [3.8, 4) is 5.75 Å². The first-order valence-electron chi connectivity index (χ1n) is 5.41. The van der Waals surface area contributed by atoms with Crippen molar-refractivity contribution in [3.05, 3.63) is 29.8 Å². The van der Waals surface area contributed by atoms with Crippen LogP contribution >= 0.6 is 0 Å². The predicted octanol–water partition coefficient (Wildman–Crippen LogP) is 2.76. The first-order valence-corrected chi connectivity index (χ1v) is 5.41. The summed E-state index contributed by atoms with van der Waals surface area (Å²) in [6, 6.07) is 8.32. The highest BCUT2D eigenvalue weighted by atomic mass is 16.6. The largest absolute Gasteiger partial charge is 0.491 e. The lowest BCUT2D eigenvalue weighted by Gasteiger charge is -2.19. The van der Waals surface area contributed by atoms with E-state index in [4.69, 9.17) is 9.47 Å². The van der Waals surface area contributed by atoms with Crippen molar-refractivity contribution in [3.63, 3.8) is 0 Å². The van der Waals surface area contributed by atoms with Gasteiger partial charge in [-0.3, -0.25) is 0 Å². The SMILES string of the molecule is CC(C)(C)c1ccc(OC[C@@H]2CO2)cc1. The summed E-state index contributed by atoms with van der Waals surface area (Å²) in [6.45, 7) is 8.15. The second-order valence-electron chi connectivity index (χ2n) is 5.04. The second-order valence-corrected chi connectivity index (χ2v) is 5.04. The zero-order valence-corrected chi connectivity index (χ0v) is 9.62.